The van der Waals surface area contributed by atoms with Gasteiger partial charge < -0.3 is 19.8 Å². The summed E-state index contributed by atoms with van der Waals surface area (Å²) in [6.07, 6.45) is 2.43. The Kier molecular flexibility index (Phi) is 9.41. The van der Waals surface area contributed by atoms with Crippen LogP contribution in [0.1, 0.15) is 80.6 Å². The Morgan fingerprint density at radius 3 is 2.14 bits per heavy atom. The first kappa shape index (κ1) is 24.9. The highest BCUT2D eigenvalue weighted by molar-refractivity contribution is 5.78. The van der Waals surface area contributed by atoms with E-state index in [0.29, 0.717) is 18.3 Å². The molecule has 0 aliphatic carbocycles. The highest BCUT2D eigenvalue weighted by Gasteiger charge is 2.39. The molecule has 1 rings (SSSR count). The molecule has 0 bridgehead atoms. The van der Waals surface area contributed by atoms with Crippen molar-refractivity contribution < 1.29 is 24.5 Å². The lowest BCUT2D eigenvalue weighted by Gasteiger charge is -2.36. The molecule has 1 aliphatic rings. The molecular formula is C22H41NO5. The molecule has 0 radical (unpaired) electrons. The highest BCUT2D eigenvalue weighted by atomic mass is 16.6. The molecule has 0 saturated carbocycles. The fourth-order valence-electron chi connectivity index (χ4n) is 4.74. The van der Waals surface area contributed by atoms with Crippen molar-refractivity contribution in [3.8, 4) is 0 Å². The number of aliphatic hydroxyl groups excluding tert-OH is 1. The van der Waals surface area contributed by atoms with E-state index < -0.39 is 17.6 Å². The lowest BCUT2D eigenvalue weighted by atomic mass is 9.86. The van der Waals surface area contributed by atoms with Crippen LogP contribution in [0.25, 0.3) is 0 Å². The summed E-state index contributed by atoms with van der Waals surface area (Å²) >= 11 is 0. The number of carbonyl (C=O) groups excluding carboxylic acids is 2. The molecule has 0 aromatic rings. The zero-order chi connectivity index (χ0) is 21.6. The maximum absolute atomic E-state index is 12.9. The van der Waals surface area contributed by atoms with Gasteiger partial charge in [0.15, 0.2) is 0 Å². The van der Waals surface area contributed by atoms with E-state index in [1.807, 2.05) is 20.8 Å². The van der Waals surface area contributed by atoms with Gasteiger partial charge in [0.25, 0.3) is 0 Å². The second-order valence-electron chi connectivity index (χ2n) is 9.41. The molecule has 164 valence electrons. The molecule has 7 atom stereocenters. The Bertz CT molecular complexity index is 521. The van der Waals surface area contributed by atoms with E-state index in [0.717, 1.165) is 19.3 Å². The standard InChI is InChI=1S/C22H41NO5/c1-8-19-22(7,27)12-17(5)20(25)23(13-24)18(6)11-15(3)9-14(2)10-16(4)21(26)28-19/h14-19,24,27H,8-13H2,1-7H3/t14?,15?,16?,17-,18-,19?,22+/m1/s1. The van der Waals surface area contributed by atoms with Crippen molar-refractivity contribution in [2.24, 2.45) is 23.7 Å². The number of hydrogen-bond donors (Lipinski definition) is 2. The van der Waals surface area contributed by atoms with Crippen molar-refractivity contribution in [2.45, 2.75) is 98.3 Å². The minimum absolute atomic E-state index is 0.0884. The topological polar surface area (TPSA) is 87.1 Å². The predicted octanol–water partition coefficient (Wildman–Crippen LogP) is 3.34. The van der Waals surface area contributed by atoms with E-state index in [1.165, 1.54) is 4.90 Å². The summed E-state index contributed by atoms with van der Waals surface area (Å²) < 4.78 is 5.67. The molecule has 1 saturated heterocycles. The van der Waals surface area contributed by atoms with Gasteiger partial charge in [0.05, 0.1) is 11.5 Å². The quantitative estimate of drug-likeness (QED) is 0.696. The second kappa shape index (κ2) is 10.6. The van der Waals surface area contributed by atoms with E-state index in [2.05, 4.69) is 13.8 Å². The maximum Gasteiger partial charge on any atom is 0.309 e. The third-order valence-corrected chi connectivity index (χ3v) is 6.14. The van der Waals surface area contributed by atoms with Crippen LogP contribution in [0.2, 0.25) is 0 Å². The minimum Gasteiger partial charge on any atom is -0.459 e. The predicted molar refractivity (Wildman–Crippen MR) is 109 cm³/mol. The number of hydrogen-bond acceptors (Lipinski definition) is 5. The first-order valence-electron chi connectivity index (χ1n) is 10.8. The Morgan fingerprint density at radius 1 is 1.04 bits per heavy atom. The first-order chi connectivity index (χ1) is 12.9. The van der Waals surface area contributed by atoms with Gasteiger partial charge >= 0.3 is 5.97 Å². The second-order valence-corrected chi connectivity index (χ2v) is 9.41. The molecule has 0 aromatic heterocycles. The van der Waals surface area contributed by atoms with Crippen LogP contribution in [0.15, 0.2) is 0 Å². The summed E-state index contributed by atoms with van der Waals surface area (Å²) in [7, 11) is 0. The van der Waals surface area contributed by atoms with Crippen LogP contribution in [-0.4, -0.2) is 51.5 Å². The van der Waals surface area contributed by atoms with Gasteiger partial charge in [-0.05, 0) is 57.8 Å². The summed E-state index contributed by atoms with van der Waals surface area (Å²) in [5.41, 5.74) is -1.32. The lowest BCUT2D eigenvalue weighted by molar-refractivity contribution is -0.171. The van der Waals surface area contributed by atoms with E-state index in [1.54, 1.807) is 13.8 Å². The molecule has 1 heterocycles. The SMILES string of the molecule is CCC1OC(=O)C(C)CC(C)CC(C)C[C@@H](C)N(CO)C(=O)[C@H](C)C[C@]1(C)O. The lowest BCUT2D eigenvalue weighted by Crippen LogP contribution is -2.48. The van der Waals surface area contributed by atoms with Crippen molar-refractivity contribution in [3.05, 3.63) is 0 Å². The molecule has 28 heavy (non-hydrogen) atoms. The Labute approximate surface area is 170 Å². The van der Waals surface area contributed by atoms with E-state index in [9.17, 15) is 19.8 Å². The third kappa shape index (κ3) is 6.73. The van der Waals surface area contributed by atoms with Crippen LogP contribution in [0.5, 0.6) is 0 Å². The van der Waals surface area contributed by atoms with Gasteiger partial charge in [0, 0.05) is 12.0 Å². The molecule has 1 aliphatic heterocycles. The van der Waals surface area contributed by atoms with Crippen molar-refractivity contribution in [2.75, 3.05) is 6.73 Å². The summed E-state index contributed by atoms with van der Waals surface area (Å²) in [6, 6.07) is -0.0884. The summed E-state index contributed by atoms with van der Waals surface area (Å²) in [5, 5.41) is 20.8. The van der Waals surface area contributed by atoms with Crippen molar-refractivity contribution in [1.82, 2.24) is 4.90 Å². The van der Waals surface area contributed by atoms with Gasteiger partial charge in [-0.3, -0.25) is 9.59 Å². The summed E-state index contributed by atoms with van der Waals surface area (Å²) in [5.74, 6) is -0.489. The number of amides is 1. The molecule has 4 unspecified atom stereocenters. The van der Waals surface area contributed by atoms with Crippen LogP contribution in [0.3, 0.4) is 0 Å². The average Bonchev–Trinajstić information content (AvgIpc) is 2.57. The van der Waals surface area contributed by atoms with Crippen LogP contribution in [-0.2, 0) is 14.3 Å². The van der Waals surface area contributed by atoms with E-state index >= 15 is 0 Å². The number of nitrogens with zero attached hydrogens (tertiary/aromatic N) is 1. The molecule has 2 N–H and O–H groups in total. The maximum atomic E-state index is 12.9. The minimum atomic E-state index is -1.32. The summed E-state index contributed by atoms with van der Waals surface area (Å²) in [6.45, 7) is 13.0. The molecular weight excluding hydrogens is 358 g/mol. The van der Waals surface area contributed by atoms with Gasteiger partial charge in [-0.25, -0.2) is 0 Å². The zero-order valence-corrected chi connectivity index (χ0v) is 18.8. The number of aliphatic hydroxyl groups is 2. The van der Waals surface area contributed by atoms with Crippen molar-refractivity contribution in [1.29, 1.82) is 0 Å². The zero-order valence-electron chi connectivity index (χ0n) is 18.8. The van der Waals surface area contributed by atoms with Gasteiger partial charge in [-0.15, -0.1) is 0 Å². The molecule has 6 nitrogen and oxygen atoms in total. The van der Waals surface area contributed by atoms with Crippen LogP contribution in [0, 0.1) is 23.7 Å². The van der Waals surface area contributed by atoms with Gasteiger partial charge in [-0.2, -0.15) is 0 Å². The molecule has 1 fully saturated rings. The van der Waals surface area contributed by atoms with Gasteiger partial charge in [0.1, 0.15) is 12.8 Å². The smallest absolute Gasteiger partial charge is 0.309 e. The number of ether oxygens (including phenoxy) is 1. The number of carbonyl (C=O) groups is 2. The number of rotatable bonds is 2. The number of cyclic esters (lactones) is 1. The fraction of sp³-hybridized carbons (Fsp3) is 0.909. The molecule has 0 aromatic carbocycles. The average molecular weight is 400 g/mol. The molecule has 6 heteroatoms. The van der Waals surface area contributed by atoms with Crippen molar-refractivity contribution in [3.63, 3.8) is 0 Å². The molecule has 0 spiro atoms. The van der Waals surface area contributed by atoms with E-state index in [-0.39, 0.29) is 37.0 Å². The van der Waals surface area contributed by atoms with E-state index in [4.69, 9.17) is 4.74 Å². The Hall–Kier alpha value is -1.14. The fourth-order valence-corrected chi connectivity index (χ4v) is 4.74. The van der Waals surface area contributed by atoms with Crippen LogP contribution in [0.4, 0.5) is 0 Å². The Morgan fingerprint density at radius 2 is 1.61 bits per heavy atom. The molecule has 1 amide bonds. The van der Waals surface area contributed by atoms with Crippen molar-refractivity contribution >= 4 is 11.9 Å². The van der Waals surface area contributed by atoms with Gasteiger partial charge in [-0.1, -0.05) is 34.6 Å². The van der Waals surface area contributed by atoms with Gasteiger partial charge in [0.2, 0.25) is 5.91 Å². The third-order valence-electron chi connectivity index (χ3n) is 6.14. The Balaban J connectivity index is 3.17. The van der Waals surface area contributed by atoms with Crippen LogP contribution < -0.4 is 0 Å². The number of esters is 1. The monoisotopic (exact) mass is 399 g/mol. The van der Waals surface area contributed by atoms with Crippen LogP contribution >= 0.6 is 0 Å². The first-order valence-corrected chi connectivity index (χ1v) is 10.8. The normalized spacial score (nSPS) is 39.8. The summed E-state index contributed by atoms with van der Waals surface area (Å²) in [4.78, 5) is 27.0. The largest absolute Gasteiger partial charge is 0.459 e. The highest BCUT2D eigenvalue weighted by Crippen LogP contribution is 2.30.